The summed E-state index contributed by atoms with van der Waals surface area (Å²) in [6.07, 6.45) is 0.515. The lowest BCUT2D eigenvalue weighted by atomic mass is 9.78. The van der Waals surface area contributed by atoms with Gasteiger partial charge < -0.3 is 10.0 Å². The Hall–Kier alpha value is -1.84. The molecule has 1 saturated carbocycles. The number of hydrogen-bond donors (Lipinski definition) is 1. The third-order valence-corrected chi connectivity index (χ3v) is 3.98. The molecule has 0 bridgehead atoms. The fourth-order valence-electron chi connectivity index (χ4n) is 2.61. The highest BCUT2D eigenvalue weighted by atomic mass is 16.4. The zero-order chi connectivity index (χ0) is 12.7. The molecule has 1 aliphatic carbocycles. The predicted octanol–water partition coefficient (Wildman–Crippen LogP) is 2.21. The number of carbonyl (C=O) groups is 2. The standard InChI is InChI=1S/C14H15NO3/c16-13-5-11(6-13)9-1-3-10(4-2-9)12-7-15(8-12)14(17)18/h1-4,11-12H,5-8H2,(H,17,18). The normalized spacial score (nSPS) is 20.4. The molecule has 1 N–H and O–H groups in total. The molecular weight excluding hydrogens is 230 g/mol. The molecule has 0 radical (unpaired) electrons. The van der Waals surface area contributed by atoms with Crippen molar-refractivity contribution in [2.75, 3.05) is 13.1 Å². The first kappa shape index (κ1) is 11.3. The van der Waals surface area contributed by atoms with Gasteiger partial charge in [0.25, 0.3) is 0 Å². The van der Waals surface area contributed by atoms with Gasteiger partial charge in [-0.2, -0.15) is 0 Å². The van der Waals surface area contributed by atoms with E-state index in [9.17, 15) is 9.59 Å². The summed E-state index contributed by atoms with van der Waals surface area (Å²) in [5.41, 5.74) is 2.43. The Bertz CT molecular complexity index is 480. The molecule has 2 aliphatic rings. The van der Waals surface area contributed by atoms with Gasteiger partial charge in [0.2, 0.25) is 0 Å². The molecule has 1 aromatic carbocycles. The van der Waals surface area contributed by atoms with E-state index in [-0.39, 0.29) is 0 Å². The van der Waals surface area contributed by atoms with Crippen LogP contribution >= 0.6 is 0 Å². The van der Waals surface area contributed by atoms with Crippen LogP contribution in [-0.4, -0.2) is 35.0 Å². The van der Waals surface area contributed by atoms with Crippen LogP contribution in [0.5, 0.6) is 0 Å². The molecule has 1 saturated heterocycles. The number of nitrogens with zero attached hydrogens (tertiary/aromatic N) is 1. The number of likely N-dealkylation sites (tertiary alicyclic amines) is 1. The molecule has 1 amide bonds. The first-order valence-corrected chi connectivity index (χ1v) is 6.23. The Morgan fingerprint density at radius 2 is 1.56 bits per heavy atom. The molecule has 0 unspecified atom stereocenters. The molecule has 3 rings (SSSR count). The van der Waals surface area contributed by atoms with E-state index in [1.54, 1.807) is 0 Å². The van der Waals surface area contributed by atoms with Gasteiger partial charge in [-0.25, -0.2) is 4.79 Å². The summed E-state index contributed by atoms with van der Waals surface area (Å²) >= 11 is 0. The van der Waals surface area contributed by atoms with Crippen LogP contribution in [0.2, 0.25) is 0 Å². The van der Waals surface area contributed by atoms with Gasteiger partial charge in [-0.1, -0.05) is 24.3 Å². The Morgan fingerprint density at radius 1 is 1.06 bits per heavy atom. The van der Waals surface area contributed by atoms with E-state index in [1.807, 2.05) is 0 Å². The van der Waals surface area contributed by atoms with Crippen LogP contribution in [-0.2, 0) is 4.79 Å². The van der Waals surface area contributed by atoms with Gasteiger partial charge in [0.1, 0.15) is 5.78 Å². The fraction of sp³-hybridized carbons (Fsp3) is 0.429. The summed E-state index contributed by atoms with van der Waals surface area (Å²) in [6, 6.07) is 8.30. The predicted molar refractivity (Wildman–Crippen MR) is 65.8 cm³/mol. The minimum absolute atomic E-state index is 0.332. The maximum atomic E-state index is 11.0. The summed E-state index contributed by atoms with van der Waals surface area (Å²) in [6.45, 7) is 1.19. The number of ketones is 1. The monoisotopic (exact) mass is 245 g/mol. The van der Waals surface area contributed by atoms with E-state index in [0.717, 1.165) is 0 Å². The quantitative estimate of drug-likeness (QED) is 0.869. The molecule has 4 heteroatoms. The van der Waals surface area contributed by atoms with Crippen molar-refractivity contribution in [3.05, 3.63) is 35.4 Å². The van der Waals surface area contributed by atoms with Crippen molar-refractivity contribution >= 4 is 11.9 Å². The van der Waals surface area contributed by atoms with Gasteiger partial charge in [-0.15, -0.1) is 0 Å². The maximum absolute atomic E-state index is 11.0. The van der Waals surface area contributed by atoms with Crippen LogP contribution in [0.3, 0.4) is 0 Å². The Labute approximate surface area is 105 Å². The van der Waals surface area contributed by atoms with E-state index < -0.39 is 6.09 Å². The number of amides is 1. The molecule has 0 atom stereocenters. The second-order valence-electron chi connectivity index (χ2n) is 5.19. The van der Waals surface area contributed by atoms with Crippen molar-refractivity contribution in [3.8, 4) is 0 Å². The Balaban J connectivity index is 1.62. The zero-order valence-electron chi connectivity index (χ0n) is 10.0. The van der Waals surface area contributed by atoms with Crippen molar-refractivity contribution in [2.45, 2.75) is 24.7 Å². The van der Waals surface area contributed by atoms with Crippen molar-refractivity contribution in [3.63, 3.8) is 0 Å². The lowest BCUT2D eigenvalue weighted by molar-refractivity contribution is -0.124. The largest absolute Gasteiger partial charge is 0.465 e. The third-order valence-electron chi connectivity index (χ3n) is 3.98. The Morgan fingerprint density at radius 3 is 2.00 bits per heavy atom. The SMILES string of the molecule is O=C1CC(c2ccc(C3CN(C(=O)O)C3)cc2)C1. The van der Waals surface area contributed by atoms with Crippen LogP contribution in [0.25, 0.3) is 0 Å². The molecule has 1 heterocycles. The van der Waals surface area contributed by atoms with E-state index in [4.69, 9.17) is 5.11 Å². The lowest BCUT2D eigenvalue weighted by Crippen LogP contribution is -2.47. The average molecular weight is 245 g/mol. The highest BCUT2D eigenvalue weighted by Crippen LogP contribution is 2.35. The summed E-state index contributed by atoms with van der Waals surface area (Å²) in [5, 5.41) is 8.77. The number of Topliss-reactive ketones (excluding diaryl/α,β-unsaturated/α-hetero) is 1. The highest BCUT2D eigenvalue weighted by Gasteiger charge is 2.32. The second kappa shape index (κ2) is 4.12. The number of carboxylic acid groups (broad SMARTS) is 1. The lowest BCUT2D eigenvalue weighted by Gasteiger charge is -2.37. The number of hydrogen-bond acceptors (Lipinski definition) is 2. The van der Waals surface area contributed by atoms with Crippen LogP contribution in [0.1, 0.15) is 35.8 Å². The topological polar surface area (TPSA) is 57.6 Å². The zero-order valence-corrected chi connectivity index (χ0v) is 10.0. The van der Waals surface area contributed by atoms with Gasteiger partial charge in [-0.3, -0.25) is 4.79 Å². The summed E-state index contributed by atoms with van der Waals surface area (Å²) in [5.74, 6) is 1.09. The van der Waals surface area contributed by atoms with E-state index in [1.165, 1.54) is 16.0 Å². The molecule has 4 nitrogen and oxygen atoms in total. The maximum Gasteiger partial charge on any atom is 0.407 e. The molecule has 2 fully saturated rings. The molecule has 0 aromatic heterocycles. The minimum Gasteiger partial charge on any atom is -0.465 e. The molecule has 1 aromatic rings. The summed E-state index contributed by atoms with van der Waals surface area (Å²) in [4.78, 5) is 23.0. The van der Waals surface area contributed by atoms with Crippen molar-refractivity contribution in [2.24, 2.45) is 0 Å². The minimum atomic E-state index is -0.837. The molecule has 1 aliphatic heterocycles. The summed E-state index contributed by atoms with van der Waals surface area (Å²) in [7, 11) is 0. The number of carbonyl (C=O) groups excluding carboxylic acids is 1. The molecule has 0 spiro atoms. The smallest absolute Gasteiger partial charge is 0.407 e. The van der Waals surface area contributed by atoms with Crippen LogP contribution < -0.4 is 0 Å². The van der Waals surface area contributed by atoms with Crippen molar-refractivity contribution in [1.29, 1.82) is 0 Å². The average Bonchev–Trinajstić information content (AvgIpc) is 2.23. The van der Waals surface area contributed by atoms with Gasteiger partial charge in [0.15, 0.2) is 0 Å². The van der Waals surface area contributed by atoms with Crippen molar-refractivity contribution < 1.29 is 14.7 Å². The van der Waals surface area contributed by atoms with Gasteiger partial charge in [0.05, 0.1) is 0 Å². The number of benzene rings is 1. The van der Waals surface area contributed by atoms with Crippen LogP contribution in [0.15, 0.2) is 24.3 Å². The van der Waals surface area contributed by atoms with Gasteiger partial charge >= 0.3 is 6.09 Å². The van der Waals surface area contributed by atoms with Gasteiger partial charge in [0, 0.05) is 31.8 Å². The highest BCUT2D eigenvalue weighted by molar-refractivity contribution is 5.86. The first-order valence-electron chi connectivity index (χ1n) is 6.23. The second-order valence-corrected chi connectivity index (χ2v) is 5.19. The van der Waals surface area contributed by atoms with E-state index in [0.29, 0.717) is 43.6 Å². The van der Waals surface area contributed by atoms with Gasteiger partial charge in [-0.05, 0) is 17.0 Å². The van der Waals surface area contributed by atoms with Crippen molar-refractivity contribution in [1.82, 2.24) is 4.90 Å². The van der Waals surface area contributed by atoms with Crippen LogP contribution in [0.4, 0.5) is 4.79 Å². The first-order chi connectivity index (χ1) is 8.63. The van der Waals surface area contributed by atoms with E-state index in [2.05, 4.69) is 24.3 Å². The van der Waals surface area contributed by atoms with E-state index >= 15 is 0 Å². The molecular formula is C14H15NO3. The Kier molecular flexibility index (Phi) is 2.58. The van der Waals surface area contributed by atoms with Crippen LogP contribution in [0, 0.1) is 0 Å². The number of rotatable bonds is 2. The third kappa shape index (κ3) is 1.88. The molecule has 18 heavy (non-hydrogen) atoms. The molecule has 94 valence electrons. The fourth-order valence-corrected chi connectivity index (χ4v) is 2.61. The summed E-state index contributed by atoms with van der Waals surface area (Å²) < 4.78 is 0.